The molecule has 1 unspecified atom stereocenters. The monoisotopic (exact) mass is 377 g/mol. The maximum absolute atomic E-state index is 12.9. The van der Waals surface area contributed by atoms with E-state index >= 15 is 0 Å². The normalized spacial score (nSPS) is 24.2. The van der Waals surface area contributed by atoms with Crippen LogP contribution >= 0.6 is 0 Å². The Morgan fingerprint density at radius 3 is 2.54 bits per heavy atom. The topological polar surface area (TPSA) is 36.0 Å². The molecule has 2 aromatic rings. The van der Waals surface area contributed by atoms with E-state index in [1.165, 1.54) is 16.8 Å². The van der Waals surface area contributed by atoms with Crippen molar-refractivity contribution in [2.75, 3.05) is 44.7 Å². The number of fused-ring (bicyclic) bond motifs is 5. The summed E-state index contributed by atoms with van der Waals surface area (Å²) in [5.74, 6) is 1.18. The number of carbonyl (C=O) groups is 1. The van der Waals surface area contributed by atoms with Crippen LogP contribution in [0.15, 0.2) is 48.5 Å². The summed E-state index contributed by atoms with van der Waals surface area (Å²) in [5, 5.41) is 0. The second-order valence-corrected chi connectivity index (χ2v) is 8.22. The second kappa shape index (κ2) is 7.13. The third kappa shape index (κ3) is 3.14. The van der Waals surface area contributed by atoms with Crippen LogP contribution < -0.4 is 9.64 Å². The standard InChI is InChI=1S/C23H27N3O2/c1-24-11-13-25(14-12-24)18-7-8-20-17-9-10-26(22(15-17)21(20)16-18)23(27)28-19-5-3-2-4-6-19/h2-8,16-17,22H,9-15H2,1H3/t17?,22-/m1/s1. The molecule has 0 saturated carbocycles. The van der Waals surface area contributed by atoms with E-state index in [1.54, 1.807) is 0 Å². The first-order chi connectivity index (χ1) is 13.7. The molecule has 0 spiro atoms. The molecular weight excluding hydrogens is 350 g/mol. The smallest absolute Gasteiger partial charge is 0.410 e. The zero-order valence-corrected chi connectivity index (χ0v) is 16.4. The van der Waals surface area contributed by atoms with Gasteiger partial charge in [-0.15, -0.1) is 0 Å². The number of piperazine rings is 1. The number of amides is 1. The number of rotatable bonds is 2. The van der Waals surface area contributed by atoms with E-state index in [0.717, 1.165) is 45.6 Å². The first-order valence-electron chi connectivity index (χ1n) is 10.3. The SMILES string of the molecule is CN1CCN(c2ccc3c(c2)[C@H]2CC3CCN2C(=O)Oc2ccccc2)CC1. The summed E-state index contributed by atoms with van der Waals surface area (Å²) in [6, 6.07) is 16.4. The van der Waals surface area contributed by atoms with Crippen LogP contribution in [0.2, 0.25) is 0 Å². The fourth-order valence-electron chi connectivity index (χ4n) is 4.89. The number of carbonyl (C=O) groups excluding carboxylic acids is 1. The Morgan fingerprint density at radius 1 is 0.964 bits per heavy atom. The summed E-state index contributed by atoms with van der Waals surface area (Å²) in [7, 11) is 2.18. The molecule has 5 nitrogen and oxygen atoms in total. The number of anilines is 1. The van der Waals surface area contributed by atoms with Crippen molar-refractivity contribution in [1.29, 1.82) is 0 Å². The van der Waals surface area contributed by atoms with Gasteiger partial charge >= 0.3 is 6.09 Å². The van der Waals surface area contributed by atoms with E-state index in [2.05, 4.69) is 35.0 Å². The minimum absolute atomic E-state index is 0.136. The molecule has 28 heavy (non-hydrogen) atoms. The number of likely N-dealkylation sites (tertiary alicyclic amines) is 1. The highest BCUT2D eigenvalue weighted by atomic mass is 16.6. The van der Waals surface area contributed by atoms with E-state index in [9.17, 15) is 4.79 Å². The zero-order valence-electron chi connectivity index (χ0n) is 16.4. The summed E-state index contributed by atoms with van der Waals surface area (Å²) in [6.07, 6.45) is 1.81. The molecule has 3 aliphatic rings. The molecule has 0 radical (unpaired) electrons. The Labute approximate surface area is 166 Å². The van der Waals surface area contributed by atoms with E-state index in [4.69, 9.17) is 4.74 Å². The Kier molecular flexibility index (Phi) is 4.47. The Hall–Kier alpha value is -2.53. The molecule has 2 heterocycles. The highest BCUT2D eigenvalue weighted by Crippen LogP contribution is 2.50. The summed E-state index contributed by atoms with van der Waals surface area (Å²) in [5.41, 5.74) is 4.04. The number of piperidine rings is 1. The van der Waals surface area contributed by atoms with Crippen molar-refractivity contribution in [3.05, 3.63) is 59.7 Å². The van der Waals surface area contributed by atoms with Crippen LogP contribution in [0.25, 0.3) is 0 Å². The highest BCUT2D eigenvalue weighted by molar-refractivity contribution is 5.72. The third-order valence-electron chi connectivity index (χ3n) is 6.52. The van der Waals surface area contributed by atoms with E-state index in [0.29, 0.717) is 11.7 Å². The van der Waals surface area contributed by atoms with Crippen molar-refractivity contribution in [2.24, 2.45) is 0 Å². The number of ether oxygens (including phenoxy) is 1. The van der Waals surface area contributed by atoms with E-state index < -0.39 is 0 Å². The lowest BCUT2D eigenvalue weighted by atomic mass is 9.96. The van der Waals surface area contributed by atoms with Crippen LogP contribution in [0.1, 0.15) is 35.9 Å². The van der Waals surface area contributed by atoms with Crippen molar-refractivity contribution in [3.63, 3.8) is 0 Å². The molecule has 5 heteroatoms. The Balaban J connectivity index is 1.38. The molecule has 0 aromatic heterocycles. The molecule has 2 aliphatic heterocycles. The average Bonchev–Trinajstić information content (AvgIpc) is 3.01. The number of likely N-dealkylation sites (N-methyl/N-ethyl adjacent to an activating group) is 1. The van der Waals surface area contributed by atoms with Crippen molar-refractivity contribution in [1.82, 2.24) is 9.80 Å². The van der Waals surface area contributed by atoms with Gasteiger partial charge in [0.2, 0.25) is 0 Å². The fraction of sp³-hybridized carbons (Fsp3) is 0.435. The summed E-state index contributed by atoms with van der Waals surface area (Å²) in [4.78, 5) is 19.6. The molecular formula is C23H27N3O2. The van der Waals surface area contributed by atoms with Crippen molar-refractivity contribution in [3.8, 4) is 5.75 Å². The summed E-state index contributed by atoms with van der Waals surface area (Å²) < 4.78 is 5.65. The van der Waals surface area contributed by atoms with Gasteiger partial charge in [0.1, 0.15) is 5.75 Å². The molecule has 2 atom stereocenters. The molecule has 146 valence electrons. The number of nitrogens with zero attached hydrogens (tertiary/aromatic N) is 3. The van der Waals surface area contributed by atoms with Crippen molar-refractivity contribution >= 4 is 11.8 Å². The number of hydrogen-bond donors (Lipinski definition) is 0. The summed E-state index contributed by atoms with van der Waals surface area (Å²) in [6.45, 7) is 5.07. The van der Waals surface area contributed by atoms with Gasteiger partial charge in [0.25, 0.3) is 0 Å². The summed E-state index contributed by atoms with van der Waals surface area (Å²) >= 11 is 0. The first-order valence-corrected chi connectivity index (χ1v) is 10.3. The molecule has 1 amide bonds. The number of para-hydroxylation sites is 1. The molecule has 2 saturated heterocycles. The van der Waals surface area contributed by atoms with Crippen LogP contribution in [0.5, 0.6) is 5.75 Å². The minimum atomic E-state index is -0.229. The maximum Gasteiger partial charge on any atom is 0.415 e. The van der Waals surface area contributed by atoms with Crippen LogP contribution in [0.4, 0.5) is 10.5 Å². The second-order valence-electron chi connectivity index (χ2n) is 8.22. The van der Waals surface area contributed by atoms with Crippen LogP contribution in [-0.4, -0.2) is 55.7 Å². The number of hydrogen-bond acceptors (Lipinski definition) is 4. The molecule has 2 aromatic carbocycles. The lowest BCUT2D eigenvalue weighted by molar-refractivity contribution is 0.115. The van der Waals surface area contributed by atoms with Gasteiger partial charge < -0.3 is 19.4 Å². The maximum atomic E-state index is 12.9. The van der Waals surface area contributed by atoms with Gasteiger partial charge in [-0.3, -0.25) is 0 Å². The molecule has 1 aliphatic carbocycles. The Morgan fingerprint density at radius 2 is 1.75 bits per heavy atom. The molecule has 0 N–H and O–H groups in total. The quantitative estimate of drug-likeness (QED) is 0.796. The Bertz CT molecular complexity index is 861. The third-order valence-corrected chi connectivity index (χ3v) is 6.52. The minimum Gasteiger partial charge on any atom is -0.410 e. The van der Waals surface area contributed by atoms with Crippen LogP contribution in [-0.2, 0) is 0 Å². The predicted octanol–water partition coefficient (Wildman–Crippen LogP) is 3.87. The molecule has 2 fully saturated rings. The van der Waals surface area contributed by atoms with Crippen LogP contribution in [0, 0.1) is 0 Å². The van der Waals surface area contributed by atoms with Gasteiger partial charge in [0.15, 0.2) is 0 Å². The average molecular weight is 377 g/mol. The van der Waals surface area contributed by atoms with Gasteiger partial charge in [0, 0.05) is 38.4 Å². The largest absolute Gasteiger partial charge is 0.415 e. The van der Waals surface area contributed by atoms with Crippen molar-refractivity contribution in [2.45, 2.75) is 24.8 Å². The van der Waals surface area contributed by atoms with Gasteiger partial charge in [-0.05, 0) is 61.2 Å². The van der Waals surface area contributed by atoms with Gasteiger partial charge in [-0.25, -0.2) is 4.79 Å². The lowest BCUT2D eigenvalue weighted by Crippen LogP contribution is -2.44. The highest BCUT2D eigenvalue weighted by Gasteiger charge is 2.41. The lowest BCUT2D eigenvalue weighted by Gasteiger charge is -2.35. The fourth-order valence-corrected chi connectivity index (χ4v) is 4.89. The van der Waals surface area contributed by atoms with Gasteiger partial charge in [-0.1, -0.05) is 24.3 Å². The van der Waals surface area contributed by atoms with E-state index in [1.807, 2.05) is 35.2 Å². The molecule has 2 bridgehead atoms. The molecule has 5 rings (SSSR count). The zero-order chi connectivity index (χ0) is 19.1. The first kappa shape index (κ1) is 17.6. The predicted molar refractivity (Wildman–Crippen MR) is 110 cm³/mol. The van der Waals surface area contributed by atoms with Crippen molar-refractivity contribution < 1.29 is 9.53 Å². The van der Waals surface area contributed by atoms with Gasteiger partial charge in [-0.2, -0.15) is 0 Å². The number of benzene rings is 2. The van der Waals surface area contributed by atoms with Crippen LogP contribution in [0.3, 0.4) is 0 Å². The van der Waals surface area contributed by atoms with Gasteiger partial charge in [0.05, 0.1) is 6.04 Å². The van der Waals surface area contributed by atoms with E-state index in [-0.39, 0.29) is 12.1 Å².